The molecule has 2 rings (SSSR count). The molecule has 1 aromatic heterocycles. The number of carbonyl (C=O) groups is 1. The number of rotatable bonds is 3. The number of carboxylic acid groups (broad SMARTS) is 1. The molecule has 0 radical (unpaired) electrons. The number of nitrogens with zero attached hydrogens (tertiary/aromatic N) is 2. The molecule has 0 bridgehead atoms. The van der Waals surface area contributed by atoms with Gasteiger partial charge in [0.2, 0.25) is 0 Å². The van der Waals surface area contributed by atoms with E-state index in [2.05, 4.69) is 5.10 Å². The second-order valence-corrected chi connectivity index (χ2v) is 3.52. The van der Waals surface area contributed by atoms with Gasteiger partial charge < -0.3 is 10.8 Å². The van der Waals surface area contributed by atoms with E-state index in [0.717, 1.165) is 4.68 Å². The molecule has 0 aliphatic carbocycles. The van der Waals surface area contributed by atoms with Crippen LogP contribution in [0.2, 0.25) is 0 Å². The third-order valence-electron chi connectivity index (χ3n) is 2.22. The van der Waals surface area contributed by atoms with Gasteiger partial charge in [-0.05, 0) is 12.1 Å². The Morgan fingerprint density at radius 1 is 1.47 bits per heavy atom. The molecule has 0 amide bonds. The maximum atomic E-state index is 13.0. The fourth-order valence-corrected chi connectivity index (χ4v) is 1.47. The van der Waals surface area contributed by atoms with E-state index in [1.54, 1.807) is 12.1 Å². The molecule has 17 heavy (non-hydrogen) atoms. The number of halogens is 1. The molecule has 0 aliphatic heterocycles. The third-order valence-corrected chi connectivity index (χ3v) is 2.22. The van der Waals surface area contributed by atoms with Crippen molar-refractivity contribution in [3.8, 4) is 11.3 Å². The van der Waals surface area contributed by atoms with Crippen LogP contribution < -0.4 is 5.73 Å². The Hall–Kier alpha value is -2.37. The molecule has 2 aromatic rings. The first-order valence-corrected chi connectivity index (χ1v) is 4.87. The van der Waals surface area contributed by atoms with Crippen molar-refractivity contribution in [2.24, 2.45) is 0 Å². The lowest BCUT2D eigenvalue weighted by Gasteiger charge is -1.98. The number of carboxylic acids is 1. The van der Waals surface area contributed by atoms with Gasteiger partial charge >= 0.3 is 5.97 Å². The smallest absolute Gasteiger partial charge is 0.325 e. The van der Waals surface area contributed by atoms with Crippen molar-refractivity contribution in [3.05, 3.63) is 36.1 Å². The van der Waals surface area contributed by atoms with Crippen LogP contribution in [0.3, 0.4) is 0 Å². The minimum absolute atomic E-state index is 0.228. The van der Waals surface area contributed by atoms with Crippen molar-refractivity contribution in [1.29, 1.82) is 0 Å². The quantitative estimate of drug-likeness (QED) is 0.841. The molecule has 3 N–H and O–H groups in total. The summed E-state index contributed by atoms with van der Waals surface area (Å²) < 4.78 is 14.2. The molecular formula is C11H10FN3O2. The minimum atomic E-state index is -1.04. The van der Waals surface area contributed by atoms with E-state index in [-0.39, 0.29) is 18.2 Å². The monoisotopic (exact) mass is 235 g/mol. The maximum absolute atomic E-state index is 13.0. The SMILES string of the molecule is Nc1cc(-c2cccc(F)c2)nn1CC(=O)O. The highest BCUT2D eigenvalue weighted by Gasteiger charge is 2.09. The number of aliphatic carboxylic acids is 1. The van der Waals surface area contributed by atoms with Gasteiger partial charge in [0.25, 0.3) is 0 Å². The van der Waals surface area contributed by atoms with Gasteiger partial charge in [-0.3, -0.25) is 4.79 Å². The lowest BCUT2D eigenvalue weighted by Crippen LogP contribution is -2.12. The summed E-state index contributed by atoms with van der Waals surface area (Å²) in [6.45, 7) is -0.318. The number of nitrogen functional groups attached to an aromatic ring is 1. The number of aromatic nitrogens is 2. The van der Waals surface area contributed by atoms with Crippen LogP contribution in [0, 0.1) is 5.82 Å². The van der Waals surface area contributed by atoms with Gasteiger partial charge in [0, 0.05) is 11.6 Å². The van der Waals surface area contributed by atoms with Crippen molar-refractivity contribution in [2.45, 2.75) is 6.54 Å². The van der Waals surface area contributed by atoms with Crippen LogP contribution in [0.1, 0.15) is 0 Å². The molecule has 0 aliphatic rings. The molecule has 0 unspecified atom stereocenters. The highest BCUT2D eigenvalue weighted by atomic mass is 19.1. The van der Waals surface area contributed by atoms with E-state index in [9.17, 15) is 9.18 Å². The topological polar surface area (TPSA) is 81.1 Å². The van der Waals surface area contributed by atoms with E-state index in [1.165, 1.54) is 18.2 Å². The van der Waals surface area contributed by atoms with E-state index in [0.29, 0.717) is 11.3 Å². The summed E-state index contributed by atoms with van der Waals surface area (Å²) >= 11 is 0. The summed E-state index contributed by atoms with van der Waals surface area (Å²) in [7, 11) is 0. The zero-order chi connectivity index (χ0) is 12.4. The van der Waals surface area contributed by atoms with Crippen LogP contribution in [0.15, 0.2) is 30.3 Å². The van der Waals surface area contributed by atoms with Gasteiger partial charge in [0.1, 0.15) is 18.2 Å². The molecule has 0 fully saturated rings. The summed E-state index contributed by atoms with van der Waals surface area (Å²) in [4.78, 5) is 10.5. The summed E-state index contributed by atoms with van der Waals surface area (Å²) in [6, 6.07) is 7.37. The summed E-state index contributed by atoms with van der Waals surface area (Å²) in [6.07, 6.45) is 0. The molecule has 0 saturated heterocycles. The molecule has 5 nitrogen and oxygen atoms in total. The summed E-state index contributed by atoms with van der Waals surface area (Å²) in [5, 5.41) is 12.6. The lowest BCUT2D eigenvalue weighted by atomic mass is 10.1. The molecule has 88 valence electrons. The fourth-order valence-electron chi connectivity index (χ4n) is 1.47. The average Bonchev–Trinajstić information content (AvgIpc) is 2.59. The van der Waals surface area contributed by atoms with E-state index in [4.69, 9.17) is 10.8 Å². The highest BCUT2D eigenvalue weighted by molar-refractivity contribution is 5.68. The van der Waals surface area contributed by atoms with Gasteiger partial charge in [-0.25, -0.2) is 9.07 Å². The van der Waals surface area contributed by atoms with Crippen LogP contribution in [0.4, 0.5) is 10.2 Å². The number of hydrogen-bond donors (Lipinski definition) is 2. The van der Waals surface area contributed by atoms with Crippen molar-refractivity contribution in [1.82, 2.24) is 9.78 Å². The van der Waals surface area contributed by atoms with Crippen molar-refractivity contribution in [3.63, 3.8) is 0 Å². The van der Waals surface area contributed by atoms with Gasteiger partial charge in [0.15, 0.2) is 0 Å². The maximum Gasteiger partial charge on any atom is 0.325 e. The van der Waals surface area contributed by atoms with Crippen LogP contribution >= 0.6 is 0 Å². The zero-order valence-corrected chi connectivity index (χ0v) is 8.80. The number of benzene rings is 1. The van der Waals surface area contributed by atoms with E-state index >= 15 is 0 Å². The standard InChI is InChI=1S/C11H10FN3O2/c12-8-3-1-2-7(4-8)9-5-10(13)15(14-9)6-11(16)17/h1-5H,6,13H2,(H,16,17). The predicted octanol–water partition coefficient (Wildman–Crippen LogP) is 1.36. The van der Waals surface area contributed by atoms with E-state index in [1.807, 2.05) is 0 Å². The fraction of sp³-hybridized carbons (Fsp3) is 0.0909. The molecular weight excluding hydrogens is 225 g/mol. The molecule has 6 heteroatoms. The molecule has 0 atom stereocenters. The second kappa shape index (κ2) is 4.25. The first-order chi connectivity index (χ1) is 8.06. The first-order valence-electron chi connectivity index (χ1n) is 4.87. The summed E-state index contributed by atoms with van der Waals surface area (Å²) in [5.74, 6) is -1.19. The largest absolute Gasteiger partial charge is 0.480 e. The summed E-state index contributed by atoms with van der Waals surface area (Å²) in [5.41, 5.74) is 6.61. The Morgan fingerprint density at radius 2 is 2.24 bits per heavy atom. The van der Waals surface area contributed by atoms with Gasteiger partial charge in [-0.15, -0.1) is 0 Å². The van der Waals surface area contributed by atoms with Gasteiger partial charge in [-0.2, -0.15) is 5.10 Å². The Balaban J connectivity index is 2.37. The first kappa shape index (κ1) is 11.1. The minimum Gasteiger partial charge on any atom is -0.480 e. The molecule has 0 spiro atoms. The van der Waals surface area contributed by atoms with Crippen LogP contribution in [-0.4, -0.2) is 20.9 Å². The van der Waals surface area contributed by atoms with Gasteiger partial charge in [-0.1, -0.05) is 12.1 Å². The van der Waals surface area contributed by atoms with E-state index < -0.39 is 5.97 Å². The molecule has 0 saturated carbocycles. The number of nitrogens with two attached hydrogens (primary N) is 1. The van der Waals surface area contributed by atoms with Crippen LogP contribution in [0.25, 0.3) is 11.3 Å². The normalized spacial score (nSPS) is 10.4. The Labute approximate surface area is 96.3 Å². The number of hydrogen-bond acceptors (Lipinski definition) is 3. The zero-order valence-electron chi connectivity index (χ0n) is 8.80. The average molecular weight is 235 g/mol. The Kier molecular flexibility index (Phi) is 2.78. The van der Waals surface area contributed by atoms with Crippen molar-refractivity contribution >= 4 is 11.8 Å². The molecule has 1 heterocycles. The highest BCUT2D eigenvalue weighted by Crippen LogP contribution is 2.20. The molecule has 1 aromatic carbocycles. The lowest BCUT2D eigenvalue weighted by molar-refractivity contribution is -0.137. The Morgan fingerprint density at radius 3 is 2.88 bits per heavy atom. The van der Waals surface area contributed by atoms with Crippen LogP contribution in [-0.2, 0) is 11.3 Å². The predicted molar refractivity (Wildman–Crippen MR) is 59.7 cm³/mol. The second-order valence-electron chi connectivity index (χ2n) is 3.52. The number of anilines is 1. The van der Waals surface area contributed by atoms with Gasteiger partial charge in [0.05, 0.1) is 5.69 Å². The van der Waals surface area contributed by atoms with Crippen LogP contribution in [0.5, 0.6) is 0 Å². The Bertz CT molecular complexity index is 566. The third kappa shape index (κ3) is 2.41. The van der Waals surface area contributed by atoms with Crippen molar-refractivity contribution < 1.29 is 14.3 Å². The van der Waals surface area contributed by atoms with Crippen molar-refractivity contribution in [2.75, 3.05) is 5.73 Å².